The van der Waals surface area contributed by atoms with E-state index in [-0.39, 0.29) is 34.6 Å². The largest absolute Gasteiger partial charge is 0.372 e. The lowest BCUT2D eigenvalue weighted by Crippen LogP contribution is -2.38. The quantitative estimate of drug-likeness (QED) is 0.372. The summed E-state index contributed by atoms with van der Waals surface area (Å²) in [5.74, 6) is -0.545. The Morgan fingerprint density at radius 3 is 2.08 bits per heavy atom. The van der Waals surface area contributed by atoms with Crippen molar-refractivity contribution >= 4 is 38.8 Å². The molecule has 14 heteroatoms. The number of carbonyl (C=O) groups excluding carboxylic acids is 1. The van der Waals surface area contributed by atoms with Crippen LogP contribution in [-0.2, 0) is 31.2 Å². The van der Waals surface area contributed by atoms with E-state index in [4.69, 9.17) is 0 Å². The van der Waals surface area contributed by atoms with Gasteiger partial charge in [-0.15, -0.1) is 0 Å². The summed E-state index contributed by atoms with van der Waals surface area (Å²) in [6.07, 6.45) is 1.54. The third kappa shape index (κ3) is 5.69. The van der Waals surface area contributed by atoms with Crippen LogP contribution < -0.4 is 26.5 Å². The van der Waals surface area contributed by atoms with Gasteiger partial charge in [0.25, 0.3) is 17.0 Å². The van der Waals surface area contributed by atoms with Crippen LogP contribution in [-0.4, -0.2) is 58.7 Å². The van der Waals surface area contributed by atoms with Crippen molar-refractivity contribution in [3.8, 4) is 0 Å². The molecular formula is C23H32N8O5S. The van der Waals surface area contributed by atoms with Gasteiger partial charge in [0.2, 0.25) is 10.0 Å². The molecule has 0 radical (unpaired) electrons. The Morgan fingerprint density at radius 1 is 1.00 bits per heavy atom. The van der Waals surface area contributed by atoms with Gasteiger partial charge in [0.05, 0.1) is 12.3 Å². The monoisotopic (exact) mass is 532 g/mol. The summed E-state index contributed by atoms with van der Waals surface area (Å²) in [6, 6.07) is 9.16. The Balaban J connectivity index is 2.24. The molecular weight excluding hydrogens is 500 g/mol. The van der Waals surface area contributed by atoms with Crippen molar-refractivity contribution in [2.75, 3.05) is 35.7 Å². The van der Waals surface area contributed by atoms with Gasteiger partial charge in [0.1, 0.15) is 17.1 Å². The molecule has 1 amide bonds. The summed E-state index contributed by atoms with van der Waals surface area (Å²) < 4.78 is 30.2. The minimum atomic E-state index is -3.84. The molecule has 200 valence electrons. The topological polar surface area (TPSA) is 152 Å². The van der Waals surface area contributed by atoms with Crippen LogP contribution in [0.25, 0.3) is 0 Å². The van der Waals surface area contributed by atoms with Gasteiger partial charge in [-0.3, -0.25) is 19.1 Å². The number of hydrogen-bond acceptors (Lipinski definition) is 8. The molecule has 37 heavy (non-hydrogen) atoms. The van der Waals surface area contributed by atoms with Crippen LogP contribution >= 0.6 is 0 Å². The lowest BCUT2D eigenvalue weighted by Gasteiger charge is -2.22. The summed E-state index contributed by atoms with van der Waals surface area (Å²) >= 11 is 0. The summed E-state index contributed by atoms with van der Waals surface area (Å²) in [6.45, 7) is 1.94. The zero-order valence-corrected chi connectivity index (χ0v) is 22.7. The van der Waals surface area contributed by atoms with Gasteiger partial charge in [-0.05, 0) is 12.0 Å². The number of hydrogen-bond donors (Lipinski definition) is 3. The van der Waals surface area contributed by atoms with E-state index in [0.717, 1.165) is 16.5 Å². The zero-order valence-electron chi connectivity index (χ0n) is 21.9. The lowest BCUT2D eigenvalue weighted by atomic mass is 10.0. The first-order chi connectivity index (χ1) is 17.3. The molecule has 1 aromatic carbocycles. The SMILES string of the molecule is CC[C@@H](Nc1c(Nc2c(NS(C)(=O)=O)c(C(=O)N(C)C)nn2C)c(=O)n(C)n(C)c1=O)c1ccccc1. The number of aromatic nitrogens is 4. The fraction of sp³-hybridized carbons (Fsp3) is 0.391. The minimum Gasteiger partial charge on any atom is -0.372 e. The number of nitrogens with zero attached hydrogens (tertiary/aromatic N) is 5. The van der Waals surface area contributed by atoms with Crippen LogP contribution in [0.1, 0.15) is 35.4 Å². The number of carbonyl (C=O) groups is 1. The molecule has 3 rings (SSSR count). The number of sulfonamides is 1. The molecule has 3 N–H and O–H groups in total. The Kier molecular flexibility index (Phi) is 7.81. The predicted octanol–water partition coefficient (Wildman–Crippen LogP) is 1.20. The molecule has 0 bridgehead atoms. The van der Waals surface area contributed by atoms with E-state index in [0.29, 0.717) is 6.42 Å². The first-order valence-electron chi connectivity index (χ1n) is 11.4. The third-order valence-electron chi connectivity index (χ3n) is 5.83. The first kappa shape index (κ1) is 27.5. The maximum absolute atomic E-state index is 13.4. The minimum absolute atomic E-state index is 0.00621. The van der Waals surface area contributed by atoms with E-state index in [1.165, 1.54) is 49.5 Å². The van der Waals surface area contributed by atoms with Crippen LogP contribution in [0, 0.1) is 0 Å². The molecule has 0 spiro atoms. The van der Waals surface area contributed by atoms with Crippen LogP contribution in [0.4, 0.5) is 22.9 Å². The van der Waals surface area contributed by atoms with Gasteiger partial charge in [0.15, 0.2) is 11.5 Å². The van der Waals surface area contributed by atoms with Gasteiger partial charge >= 0.3 is 0 Å². The average molecular weight is 533 g/mol. The van der Waals surface area contributed by atoms with Crippen LogP contribution in [0.2, 0.25) is 0 Å². The number of rotatable bonds is 9. The highest BCUT2D eigenvalue weighted by atomic mass is 32.2. The molecule has 0 fully saturated rings. The first-order valence-corrected chi connectivity index (χ1v) is 13.3. The Morgan fingerprint density at radius 2 is 1.57 bits per heavy atom. The number of amides is 1. The Bertz CT molecular complexity index is 1540. The average Bonchev–Trinajstić information content (AvgIpc) is 3.14. The smallest absolute Gasteiger partial charge is 0.291 e. The third-order valence-corrected chi connectivity index (χ3v) is 6.41. The molecule has 0 saturated carbocycles. The van der Waals surface area contributed by atoms with Crippen molar-refractivity contribution in [2.45, 2.75) is 19.4 Å². The molecule has 13 nitrogen and oxygen atoms in total. The predicted molar refractivity (Wildman–Crippen MR) is 143 cm³/mol. The zero-order chi connectivity index (χ0) is 27.7. The summed E-state index contributed by atoms with van der Waals surface area (Å²) in [7, 11) is 3.55. The van der Waals surface area contributed by atoms with E-state index in [1.807, 2.05) is 37.3 Å². The molecule has 2 heterocycles. The van der Waals surface area contributed by atoms with Crippen LogP contribution in [0.5, 0.6) is 0 Å². The number of nitrogens with one attached hydrogen (secondary N) is 3. The van der Waals surface area contributed by atoms with Crippen molar-refractivity contribution in [1.82, 2.24) is 24.0 Å². The number of aryl methyl sites for hydroxylation is 1. The number of anilines is 4. The molecule has 3 aromatic rings. The van der Waals surface area contributed by atoms with E-state index < -0.39 is 27.0 Å². The van der Waals surface area contributed by atoms with Crippen molar-refractivity contribution < 1.29 is 13.2 Å². The van der Waals surface area contributed by atoms with Crippen molar-refractivity contribution in [2.24, 2.45) is 21.1 Å². The van der Waals surface area contributed by atoms with Crippen molar-refractivity contribution in [1.29, 1.82) is 0 Å². The van der Waals surface area contributed by atoms with E-state index in [2.05, 4.69) is 20.5 Å². The lowest BCUT2D eigenvalue weighted by molar-refractivity contribution is 0.0822. The maximum atomic E-state index is 13.4. The fourth-order valence-corrected chi connectivity index (χ4v) is 4.33. The molecule has 2 aromatic heterocycles. The fourth-order valence-electron chi connectivity index (χ4n) is 3.77. The Labute approximate surface area is 214 Å². The van der Waals surface area contributed by atoms with E-state index >= 15 is 0 Å². The highest BCUT2D eigenvalue weighted by molar-refractivity contribution is 7.92. The standard InChI is InChI=1S/C23H32N8O5S/c1-8-15(14-12-10-9-11-13-14)24-17-18(23(34)31(6)30(5)22(17)33)25-20-16(27-37(7,35)36)19(26-29(20)4)21(32)28(2)3/h9-13,15,24-25,27H,8H2,1-7H3/t15-/m1/s1. The maximum Gasteiger partial charge on any atom is 0.291 e. The van der Waals surface area contributed by atoms with E-state index in [9.17, 15) is 22.8 Å². The van der Waals surface area contributed by atoms with Gasteiger partial charge < -0.3 is 15.5 Å². The van der Waals surface area contributed by atoms with Gasteiger partial charge in [-0.2, -0.15) is 5.10 Å². The van der Waals surface area contributed by atoms with Gasteiger partial charge in [0, 0.05) is 35.2 Å². The van der Waals surface area contributed by atoms with Crippen molar-refractivity contribution in [3.05, 3.63) is 62.3 Å². The van der Waals surface area contributed by atoms with Crippen LogP contribution in [0.3, 0.4) is 0 Å². The second kappa shape index (κ2) is 10.5. The molecule has 0 saturated heterocycles. The summed E-state index contributed by atoms with van der Waals surface area (Å²) in [5.41, 5.74) is -0.573. The molecule has 0 aliphatic carbocycles. The van der Waals surface area contributed by atoms with E-state index in [1.54, 1.807) is 0 Å². The second-order valence-corrected chi connectivity index (χ2v) is 10.6. The molecule has 0 unspecified atom stereocenters. The second-order valence-electron chi connectivity index (χ2n) is 8.82. The Hall–Kier alpha value is -4.07. The van der Waals surface area contributed by atoms with Gasteiger partial charge in [-0.25, -0.2) is 22.5 Å². The highest BCUT2D eigenvalue weighted by Crippen LogP contribution is 2.32. The molecule has 1 atom stereocenters. The highest BCUT2D eigenvalue weighted by Gasteiger charge is 2.28. The molecule has 0 aliphatic heterocycles. The van der Waals surface area contributed by atoms with Crippen molar-refractivity contribution in [3.63, 3.8) is 0 Å². The summed E-state index contributed by atoms with van der Waals surface area (Å²) in [5, 5.41) is 10.3. The normalized spacial score (nSPS) is 12.2. The molecule has 0 aliphatic rings. The number of benzene rings is 1. The van der Waals surface area contributed by atoms with Gasteiger partial charge in [-0.1, -0.05) is 37.3 Å². The summed E-state index contributed by atoms with van der Waals surface area (Å²) in [4.78, 5) is 40.7. The van der Waals surface area contributed by atoms with Crippen LogP contribution in [0.15, 0.2) is 39.9 Å².